The summed E-state index contributed by atoms with van der Waals surface area (Å²) in [6, 6.07) is 17.8. The Hall–Kier alpha value is -0.850. The zero-order valence-corrected chi connectivity index (χ0v) is 19.0. The van der Waals surface area contributed by atoms with Gasteiger partial charge < -0.3 is 9.64 Å². The summed E-state index contributed by atoms with van der Waals surface area (Å²) in [5, 5.41) is 0. The van der Waals surface area contributed by atoms with Gasteiger partial charge in [-0.2, -0.15) is 0 Å². The highest BCUT2D eigenvalue weighted by molar-refractivity contribution is 14.2. The molecule has 0 atom stereocenters. The molecule has 0 aliphatic carbocycles. The van der Waals surface area contributed by atoms with E-state index in [1.807, 2.05) is 36.4 Å². The lowest BCUT2D eigenvalue weighted by Crippen LogP contribution is -2.44. The summed E-state index contributed by atoms with van der Waals surface area (Å²) in [7, 11) is -3.76. The van der Waals surface area contributed by atoms with Crippen LogP contribution in [-0.2, 0) is 14.8 Å². The molecule has 1 saturated heterocycles. The van der Waals surface area contributed by atoms with Gasteiger partial charge in [0.1, 0.15) is 5.82 Å². The summed E-state index contributed by atoms with van der Waals surface area (Å²) < 4.78 is 34.9. The fraction of sp³-hybridized carbons (Fsp3) is 0.222. The summed E-state index contributed by atoms with van der Waals surface area (Å²) in [5.74, 6) is 0.671. The molecular formula is C18H18I2N2O3S. The van der Waals surface area contributed by atoms with E-state index < -0.39 is 10.0 Å². The molecule has 3 rings (SSSR count). The van der Waals surface area contributed by atoms with Gasteiger partial charge in [-0.15, -0.1) is 0 Å². The second-order valence-electron chi connectivity index (χ2n) is 5.60. The number of benzene rings is 2. The van der Waals surface area contributed by atoms with Crippen LogP contribution in [0.5, 0.6) is 0 Å². The molecule has 138 valence electrons. The van der Waals surface area contributed by atoms with Gasteiger partial charge in [0.05, 0.1) is 25.4 Å². The highest BCUT2D eigenvalue weighted by Crippen LogP contribution is 2.35. The number of rotatable bonds is 5. The Morgan fingerprint density at radius 3 is 2.00 bits per heavy atom. The maximum atomic E-state index is 13.5. The number of hydrogen-bond acceptors (Lipinski definition) is 4. The fourth-order valence-electron chi connectivity index (χ4n) is 2.74. The van der Waals surface area contributed by atoms with Gasteiger partial charge in [-0.05, 0) is 69.4 Å². The molecule has 26 heavy (non-hydrogen) atoms. The van der Waals surface area contributed by atoms with Gasteiger partial charge in [0.25, 0.3) is 10.0 Å². The first-order valence-electron chi connectivity index (χ1n) is 8.05. The molecule has 0 amide bonds. The monoisotopic (exact) mass is 596 g/mol. The number of halogens is 2. The van der Waals surface area contributed by atoms with E-state index in [2.05, 4.69) is 50.1 Å². The summed E-state index contributed by atoms with van der Waals surface area (Å²) in [6.07, 6.45) is 0. The predicted octanol–water partition coefficient (Wildman–Crippen LogP) is 4.21. The van der Waals surface area contributed by atoms with E-state index in [0.29, 0.717) is 37.8 Å². The highest BCUT2D eigenvalue weighted by Gasteiger charge is 2.33. The van der Waals surface area contributed by atoms with Crippen molar-refractivity contribution in [1.29, 1.82) is 0 Å². The number of hydrogen-bond donors (Lipinski definition) is 0. The first-order valence-corrected chi connectivity index (χ1v) is 11.6. The predicted molar refractivity (Wildman–Crippen MR) is 120 cm³/mol. The SMILES string of the molecule is O=S(=O)(c1ccccc1)N(C(=C(I)I)N1CCOCC1)c1ccccc1. The summed E-state index contributed by atoms with van der Waals surface area (Å²) >= 11 is 4.37. The zero-order valence-electron chi connectivity index (χ0n) is 13.9. The molecule has 0 saturated carbocycles. The van der Waals surface area contributed by atoms with Gasteiger partial charge >= 0.3 is 0 Å². The van der Waals surface area contributed by atoms with Crippen molar-refractivity contribution >= 4 is 60.9 Å². The minimum absolute atomic E-state index is 0.267. The lowest BCUT2D eigenvalue weighted by atomic mass is 10.3. The molecule has 0 N–H and O–H groups in total. The molecule has 8 heteroatoms. The standard InChI is InChI=1S/C18H18I2N2O3S/c19-17(20)18(21-11-13-25-14-12-21)22(15-7-3-1-4-8-15)26(23,24)16-9-5-2-6-10-16/h1-10H,11-14H2. The van der Waals surface area contributed by atoms with Crippen molar-refractivity contribution in [2.24, 2.45) is 0 Å². The molecule has 1 aliphatic rings. The molecule has 0 unspecified atom stereocenters. The van der Waals surface area contributed by atoms with Gasteiger partial charge in [0.15, 0.2) is 0 Å². The average molecular weight is 596 g/mol. The molecule has 2 aromatic carbocycles. The Bertz CT molecular complexity index is 864. The average Bonchev–Trinajstić information content (AvgIpc) is 2.67. The Morgan fingerprint density at radius 2 is 1.46 bits per heavy atom. The van der Waals surface area contributed by atoms with E-state index in [0.717, 1.165) is 1.59 Å². The second-order valence-corrected chi connectivity index (χ2v) is 11.6. The molecular weight excluding hydrogens is 578 g/mol. The van der Waals surface area contributed by atoms with Gasteiger partial charge in [0.2, 0.25) is 0 Å². The highest BCUT2D eigenvalue weighted by atomic mass is 127. The molecule has 2 aromatic rings. The van der Waals surface area contributed by atoms with Crippen LogP contribution in [0.3, 0.4) is 0 Å². The van der Waals surface area contributed by atoms with Crippen molar-refractivity contribution in [2.75, 3.05) is 30.6 Å². The number of sulfonamides is 1. The first-order chi connectivity index (χ1) is 12.5. The Labute approximate surface area is 181 Å². The van der Waals surface area contributed by atoms with Gasteiger partial charge in [-0.25, -0.2) is 12.7 Å². The quantitative estimate of drug-likeness (QED) is 0.486. The minimum Gasteiger partial charge on any atom is -0.378 e. The van der Waals surface area contributed by atoms with Crippen LogP contribution in [-0.4, -0.2) is 39.6 Å². The Morgan fingerprint density at radius 1 is 0.923 bits per heavy atom. The van der Waals surface area contributed by atoms with E-state index in [-0.39, 0.29) is 4.90 Å². The molecule has 1 fully saturated rings. The molecule has 5 nitrogen and oxygen atoms in total. The van der Waals surface area contributed by atoms with Crippen LogP contribution in [0, 0.1) is 0 Å². The van der Waals surface area contributed by atoms with Crippen molar-refractivity contribution in [3.05, 3.63) is 68.1 Å². The summed E-state index contributed by atoms with van der Waals surface area (Å²) in [6.45, 7) is 2.47. The maximum Gasteiger partial charge on any atom is 0.269 e. The van der Waals surface area contributed by atoms with Crippen LogP contribution in [0.15, 0.2) is 73.0 Å². The topological polar surface area (TPSA) is 49.9 Å². The third-order valence-corrected chi connectivity index (χ3v) is 6.64. The molecule has 1 heterocycles. The van der Waals surface area contributed by atoms with Gasteiger partial charge in [-0.3, -0.25) is 0 Å². The number of para-hydroxylation sites is 1. The van der Waals surface area contributed by atoms with E-state index >= 15 is 0 Å². The van der Waals surface area contributed by atoms with Crippen LogP contribution in [0.4, 0.5) is 5.69 Å². The third kappa shape index (κ3) is 4.34. The third-order valence-electron chi connectivity index (χ3n) is 3.94. The largest absolute Gasteiger partial charge is 0.378 e. The summed E-state index contributed by atoms with van der Waals surface area (Å²) in [5.41, 5.74) is 0.615. The van der Waals surface area contributed by atoms with E-state index in [1.165, 1.54) is 4.31 Å². The molecule has 1 aliphatic heterocycles. The lowest BCUT2D eigenvalue weighted by Gasteiger charge is -2.37. The van der Waals surface area contributed by atoms with Crippen molar-refractivity contribution in [3.8, 4) is 0 Å². The van der Waals surface area contributed by atoms with Crippen molar-refractivity contribution in [2.45, 2.75) is 4.90 Å². The van der Waals surface area contributed by atoms with E-state index in [9.17, 15) is 8.42 Å². The van der Waals surface area contributed by atoms with Crippen LogP contribution in [0.25, 0.3) is 0 Å². The number of morpholine rings is 1. The van der Waals surface area contributed by atoms with Crippen molar-refractivity contribution < 1.29 is 13.2 Å². The summed E-state index contributed by atoms with van der Waals surface area (Å²) in [4.78, 5) is 2.34. The van der Waals surface area contributed by atoms with Crippen molar-refractivity contribution in [3.63, 3.8) is 0 Å². The zero-order chi connectivity index (χ0) is 18.6. The van der Waals surface area contributed by atoms with Crippen LogP contribution in [0.2, 0.25) is 0 Å². The van der Waals surface area contributed by atoms with Crippen LogP contribution >= 0.6 is 45.2 Å². The maximum absolute atomic E-state index is 13.5. The van der Waals surface area contributed by atoms with Gasteiger partial charge in [-0.1, -0.05) is 36.4 Å². The number of anilines is 1. The van der Waals surface area contributed by atoms with Gasteiger partial charge in [0, 0.05) is 13.1 Å². The van der Waals surface area contributed by atoms with Crippen LogP contribution < -0.4 is 4.31 Å². The molecule has 0 spiro atoms. The molecule has 0 bridgehead atoms. The lowest BCUT2D eigenvalue weighted by molar-refractivity contribution is 0.0534. The van der Waals surface area contributed by atoms with Crippen LogP contribution in [0.1, 0.15) is 0 Å². The Balaban J connectivity index is 2.16. The van der Waals surface area contributed by atoms with E-state index in [4.69, 9.17) is 4.74 Å². The normalized spacial score (nSPS) is 14.8. The Kier molecular flexibility index (Phi) is 6.81. The minimum atomic E-state index is -3.76. The smallest absolute Gasteiger partial charge is 0.269 e. The number of ether oxygens (including phenoxy) is 1. The number of nitrogens with zero attached hydrogens (tertiary/aromatic N) is 2. The van der Waals surface area contributed by atoms with E-state index in [1.54, 1.807) is 24.3 Å². The fourth-order valence-corrected chi connectivity index (χ4v) is 5.77. The second kappa shape index (κ2) is 8.89. The molecule has 0 radical (unpaired) electrons. The molecule has 0 aromatic heterocycles. The van der Waals surface area contributed by atoms with Crippen molar-refractivity contribution in [1.82, 2.24) is 4.90 Å². The first kappa shape index (κ1) is 19.9.